The first-order chi connectivity index (χ1) is 16.0. The van der Waals surface area contributed by atoms with Gasteiger partial charge in [0.25, 0.3) is 0 Å². The van der Waals surface area contributed by atoms with Crippen molar-refractivity contribution in [3.05, 3.63) is 0 Å². The summed E-state index contributed by atoms with van der Waals surface area (Å²) in [7, 11) is 1.47. The molecule has 1 N–H and O–H groups in total. The Morgan fingerprint density at radius 2 is 1.32 bits per heavy atom. The number of esters is 2. The van der Waals surface area contributed by atoms with Crippen LogP contribution in [0.1, 0.15) is 90.9 Å². The number of carbonyl (C=O) groups excluding carboxylic acids is 2. The Hall–Kier alpha value is -0.990. The number of likely N-dealkylation sites (N-methyl/N-ethyl adjacent to an activating group) is 1. The van der Waals surface area contributed by atoms with Crippen molar-refractivity contribution in [2.24, 2.45) is 0 Å². The van der Waals surface area contributed by atoms with Crippen molar-refractivity contribution in [2.45, 2.75) is 97.0 Å². The molecule has 0 amide bonds. The molecule has 0 radical (unpaired) electrons. The Bertz CT molecular complexity index is 594. The van der Waals surface area contributed by atoms with Crippen LogP contribution in [0.2, 0.25) is 0 Å². The lowest BCUT2D eigenvalue weighted by Crippen LogP contribution is -2.37. The lowest BCUT2D eigenvalue weighted by Gasteiger charge is -2.24. The molecular weight excluding hydrogens is 461 g/mol. The highest BCUT2D eigenvalue weighted by Crippen LogP contribution is 2.43. The van der Waals surface area contributed by atoms with E-state index in [-0.39, 0.29) is 32.0 Å². The van der Waals surface area contributed by atoms with Gasteiger partial charge >= 0.3 is 19.8 Å². The topological polar surface area (TPSA) is 108 Å². The first-order valence-corrected chi connectivity index (χ1v) is 14.3. The maximum absolute atomic E-state index is 12.2. The van der Waals surface area contributed by atoms with Crippen molar-refractivity contribution in [1.82, 2.24) is 0 Å². The van der Waals surface area contributed by atoms with Crippen LogP contribution in [-0.2, 0) is 32.7 Å². The van der Waals surface area contributed by atoms with Gasteiger partial charge in [-0.1, -0.05) is 65.2 Å². The smallest absolute Gasteiger partial charge is 0.462 e. The zero-order valence-electron chi connectivity index (χ0n) is 22.1. The molecule has 0 aliphatic rings. The fraction of sp³-hybridized carbons (Fsp3) is 0.917. The summed E-state index contributed by atoms with van der Waals surface area (Å²) in [5, 5.41) is 0. The van der Waals surface area contributed by atoms with Gasteiger partial charge in [0, 0.05) is 12.8 Å². The van der Waals surface area contributed by atoms with Gasteiger partial charge in [-0.05, 0) is 12.8 Å². The maximum atomic E-state index is 12.2. The van der Waals surface area contributed by atoms with Crippen molar-refractivity contribution in [2.75, 3.05) is 47.5 Å². The number of unbranched alkanes of at least 4 members (excludes halogenated alkanes) is 8. The van der Waals surface area contributed by atoms with Crippen molar-refractivity contribution in [3.63, 3.8) is 0 Å². The molecule has 0 aliphatic heterocycles. The molecular formula is C24H49NO8P+. The molecule has 0 bridgehead atoms. The Labute approximate surface area is 206 Å². The summed E-state index contributed by atoms with van der Waals surface area (Å²) in [4.78, 5) is 34.2. The fourth-order valence-corrected chi connectivity index (χ4v) is 3.75. The first-order valence-electron chi connectivity index (χ1n) is 12.8. The highest BCUT2D eigenvalue weighted by Gasteiger charge is 2.27. The third kappa shape index (κ3) is 21.5. The van der Waals surface area contributed by atoms with E-state index in [9.17, 15) is 19.0 Å². The largest absolute Gasteiger partial charge is 0.472 e. The Morgan fingerprint density at radius 1 is 0.794 bits per heavy atom. The van der Waals surface area contributed by atoms with E-state index in [1.165, 1.54) is 0 Å². The number of nitrogens with zero attached hydrogens (tertiary/aromatic N) is 1. The van der Waals surface area contributed by atoms with Gasteiger partial charge in [-0.3, -0.25) is 18.6 Å². The van der Waals surface area contributed by atoms with Gasteiger partial charge in [-0.2, -0.15) is 0 Å². The van der Waals surface area contributed by atoms with E-state index in [1.807, 2.05) is 21.1 Å². The lowest BCUT2D eigenvalue weighted by molar-refractivity contribution is -0.870. The molecule has 0 rings (SSSR count). The minimum Gasteiger partial charge on any atom is -0.462 e. The molecule has 0 saturated carbocycles. The van der Waals surface area contributed by atoms with E-state index >= 15 is 0 Å². The molecule has 0 saturated heterocycles. The lowest BCUT2D eigenvalue weighted by atomic mass is 10.1. The van der Waals surface area contributed by atoms with Gasteiger partial charge in [-0.15, -0.1) is 0 Å². The van der Waals surface area contributed by atoms with Gasteiger partial charge in [0.15, 0.2) is 6.10 Å². The second-order valence-electron chi connectivity index (χ2n) is 9.73. The van der Waals surface area contributed by atoms with Gasteiger partial charge < -0.3 is 18.9 Å². The van der Waals surface area contributed by atoms with Crippen molar-refractivity contribution in [1.29, 1.82) is 0 Å². The molecule has 0 fully saturated rings. The minimum absolute atomic E-state index is 0.0342. The normalized spacial score (nSPS) is 14.4. The number of phosphoric acid groups is 1. The molecule has 0 heterocycles. The number of phosphoric ester groups is 1. The average molecular weight is 511 g/mol. The van der Waals surface area contributed by atoms with E-state index in [1.54, 1.807) is 0 Å². The third-order valence-corrected chi connectivity index (χ3v) is 6.12. The summed E-state index contributed by atoms with van der Waals surface area (Å²) < 4.78 is 33.4. The summed E-state index contributed by atoms with van der Waals surface area (Å²) in [6.45, 7) is 4.17. The molecule has 0 aromatic heterocycles. The molecule has 2 atom stereocenters. The van der Waals surface area contributed by atoms with E-state index in [0.29, 0.717) is 17.4 Å². The molecule has 34 heavy (non-hydrogen) atoms. The SMILES string of the molecule is CCCCCCCC(=O)OCC(COP(=O)(O)OCC[N+](C)(C)C)OC(=O)CCCCCCC. The van der Waals surface area contributed by atoms with Gasteiger partial charge in [0.2, 0.25) is 0 Å². The van der Waals surface area contributed by atoms with Gasteiger partial charge in [-0.25, -0.2) is 4.57 Å². The van der Waals surface area contributed by atoms with Crippen molar-refractivity contribution < 1.29 is 42.1 Å². The minimum atomic E-state index is -4.33. The summed E-state index contributed by atoms with van der Waals surface area (Å²) in [6.07, 6.45) is 9.54. The number of quaternary nitrogens is 1. The maximum Gasteiger partial charge on any atom is 0.472 e. The monoisotopic (exact) mass is 510 g/mol. The first kappa shape index (κ1) is 33.0. The summed E-state index contributed by atoms with van der Waals surface area (Å²) >= 11 is 0. The van der Waals surface area contributed by atoms with Crippen LogP contribution in [0, 0.1) is 0 Å². The van der Waals surface area contributed by atoms with E-state index < -0.39 is 26.5 Å². The molecule has 0 spiro atoms. The van der Waals surface area contributed by atoms with Crippen molar-refractivity contribution in [3.8, 4) is 0 Å². The van der Waals surface area contributed by atoms with E-state index in [0.717, 1.165) is 57.8 Å². The number of hydrogen-bond acceptors (Lipinski definition) is 7. The van der Waals surface area contributed by atoms with Crippen LogP contribution in [0.5, 0.6) is 0 Å². The van der Waals surface area contributed by atoms with Crippen LogP contribution in [0.4, 0.5) is 0 Å². The fourth-order valence-electron chi connectivity index (χ4n) is 3.01. The van der Waals surface area contributed by atoms with Gasteiger partial charge in [0.05, 0.1) is 27.7 Å². The number of carbonyl (C=O) groups is 2. The Kier molecular flexibility index (Phi) is 18.7. The molecule has 10 heteroatoms. The van der Waals surface area contributed by atoms with Crippen LogP contribution >= 0.6 is 7.82 Å². The Morgan fingerprint density at radius 3 is 1.85 bits per heavy atom. The molecule has 0 aromatic carbocycles. The van der Waals surface area contributed by atoms with Crippen LogP contribution < -0.4 is 0 Å². The van der Waals surface area contributed by atoms with Gasteiger partial charge in [0.1, 0.15) is 19.8 Å². The summed E-state index contributed by atoms with van der Waals surface area (Å²) in [6, 6.07) is 0. The van der Waals surface area contributed by atoms with Crippen LogP contribution in [-0.4, -0.2) is 74.9 Å². The van der Waals surface area contributed by atoms with E-state index in [4.69, 9.17) is 18.5 Å². The van der Waals surface area contributed by atoms with Crippen LogP contribution in [0.3, 0.4) is 0 Å². The highest BCUT2D eigenvalue weighted by atomic mass is 31.2. The number of hydrogen-bond donors (Lipinski definition) is 1. The summed E-state index contributed by atoms with van der Waals surface area (Å²) in [5.74, 6) is -0.831. The number of ether oxygens (including phenoxy) is 2. The molecule has 2 unspecified atom stereocenters. The van der Waals surface area contributed by atoms with E-state index in [2.05, 4.69) is 13.8 Å². The number of rotatable bonds is 22. The quantitative estimate of drug-likeness (QED) is 0.0938. The Balaban J connectivity index is 4.62. The van der Waals surface area contributed by atoms with Crippen LogP contribution in [0.25, 0.3) is 0 Å². The molecule has 9 nitrogen and oxygen atoms in total. The van der Waals surface area contributed by atoms with Crippen LogP contribution in [0.15, 0.2) is 0 Å². The standard InChI is InChI=1S/C24H48NO8P/c1-6-8-10-12-14-16-23(26)30-20-22(33-24(27)17-15-13-11-9-7-2)21-32-34(28,29)31-19-18-25(3,4)5/h22H,6-21H2,1-5H3/p+1. The molecule has 0 aliphatic carbocycles. The zero-order valence-corrected chi connectivity index (χ0v) is 23.0. The highest BCUT2D eigenvalue weighted by molar-refractivity contribution is 7.47. The predicted molar refractivity (Wildman–Crippen MR) is 132 cm³/mol. The third-order valence-electron chi connectivity index (χ3n) is 5.14. The van der Waals surface area contributed by atoms with Crippen molar-refractivity contribution >= 4 is 19.8 Å². The predicted octanol–water partition coefficient (Wildman–Crippen LogP) is 5.00. The second kappa shape index (κ2) is 19.2. The average Bonchev–Trinajstić information content (AvgIpc) is 2.74. The second-order valence-corrected chi connectivity index (χ2v) is 11.2. The molecule has 0 aromatic rings. The zero-order chi connectivity index (χ0) is 25.9. The molecule has 202 valence electrons. The summed E-state index contributed by atoms with van der Waals surface area (Å²) in [5.41, 5.74) is 0.